The van der Waals surface area contributed by atoms with E-state index in [0.717, 1.165) is 33.0 Å². The lowest BCUT2D eigenvalue weighted by Gasteiger charge is -2.18. The van der Waals surface area contributed by atoms with E-state index in [9.17, 15) is 18.8 Å². The van der Waals surface area contributed by atoms with Gasteiger partial charge in [0.15, 0.2) is 0 Å². The molecular formula is C25H20FNO5S. The molecule has 0 spiro atoms. The number of methoxy groups -OCH3 is 1. The van der Waals surface area contributed by atoms with E-state index in [2.05, 4.69) is 4.74 Å². The largest absolute Gasteiger partial charge is 0.488 e. The Hall–Kier alpha value is -3.65. The first kappa shape index (κ1) is 22.5. The summed E-state index contributed by atoms with van der Waals surface area (Å²) in [6.07, 6.45) is 1.61. The first-order valence-electron chi connectivity index (χ1n) is 10.1. The van der Waals surface area contributed by atoms with E-state index in [1.54, 1.807) is 24.3 Å². The third-order valence-electron chi connectivity index (χ3n) is 5.27. The van der Waals surface area contributed by atoms with Crippen LogP contribution in [-0.2, 0) is 20.9 Å². The maximum atomic E-state index is 13.2. The first-order valence-corrected chi connectivity index (χ1v) is 10.9. The Labute approximate surface area is 194 Å². The Morgan fingerprint density at radius 3 is 2.55 bits per heavy atom. The van der Waals surface area contributed by atoms with Crippen molar-refractivity contribution in [3.05, 3.63) is 82.5 Å². The van der Waals surface area contributed by atoms with Crippen LogP contribution in [-0.4, -0.2) is 35.2 Å². The van der Waals surface area contributed by atoms with Gasteiger partial charge in [0, 0.05) is 5.56 Å². The zero-order valence-electron chi connectivity index (χ0n) is 17.9. The highest BCUT2D eigenvalue weighted by Crippen LogP contribution is 2.38. The van der Waals surface area contributed by atoms with Gasteiger partial charge in [0.05, 0.1) is 12.0 Å². The summed E-state index contributed by atoms with van der Waals surface area (Å²) in [4.78, 5) is 38.4. The number of rotatable bonds is 6. The molecule has 1 fully saturated rings. The molecule has 3 aromatic rings. The lowest BCUT2D eigenvalue weighted by molar-refractivity contribution is -0.148. The minimum Gasteiger partial charge on any atom is -0.488 e. The second-order valence-electron chi connectivity index (χ2n) is 7.36. The van der Waals surface area contributed by atoms with Crippen LogP contribution in [0.2, 0.25) is 0 Å². The molecule has 0 bridgehead atoms. The molecule has 3 aromatic carbocycles. The highest BCUT2D eigenvalue weighted by atomic mass is 32.2. The molecule has 4 rings (SSSR count). The number of carbonyl (C=O) groups excluding carboxylic acids is 3. The molecule has 0 N–H and O–H groups in total. The van der Waals surface area contributed by atoms with Gasteiger partial charge in [-0.2, -0.15) is 0 Å². The van der Waals surface area contributed by atoms with Crippen molar-refractivity contribution in [1.29, 1.82) is 0 Å². The summed E-state index contributed by atoms with van der Waals surface area (Å²) in [7, 11) is 1.20. The number of nitrogens with zero attached hydrogens (tertiary/aromatic N) is 1. The third kappa shape index (κ3) is 4.61. The molecule has 1 aliphatic rings. The normalized spacial score (nSPS) is 15.8. The Morgan fingerprint density at radius 2 is 1.82 bits per heavy atom. The maximum absolute atomic E-state index is 13.2. The minimum absolute atomic E-state index is 0.179. The zero-order valence-corrected chi connectivity index (χ0v) is 18.7. The van der Waals surface area contributed by atoms with Crippen LogP contribution in [0.4, 0.5) is 9.18 Å². The van der Waals surface area contributed by atoms with Crippen LogP contribution in [0.15, 0.2) is 65.6 Å². The molecule has 0 radical (unpaired) electrons. The molecule has 1 aliphatic heterocycles. The molecule has 2 amide bonds. The van der Waals surface area contributed by atoms with Crippen LogP contribution >= 0.6 is 11.8 Å². The van der Waals surface area contributed by atoms with Crippen LogP contribution in [0, 0.1) is 5.82 Å². The summed E-state index contributed by atoms with van der Waals surface area (Å²) in [6.45, 7) is 1.64. The average Bonchev–Trinajstić information content (AvgIpc) is 3.11. The van der Waals surface area contributed by atoms with Crippen LogP contribution < -0.4 is 4.74 Å². The van der Waals surface area contributed by atoms with Crippen molar-refractivity contribution in [2.75, 3.05) is 7.11 Å². The highest BCUT2D eigenvalue weighted by molar-refractivity contribution is 8.18. The quantitative estimate of drug-likeness (QED) is 0.370. The predicted molar refractivity (Wildman–Crippen MR) is 124 cm³/mol. The van der Waals surface area contributed by atoms with E-state index in [1.165, 1.54) is 26.2 Å². The molecule has 33 heavy (non-hydrogen) atoms. The summed E-state index contributed by atoms with van der Waals surface area (Å²) in [5.41, 5.74) is 1.41. The van der Waals surface area contributed by atoms with Crippen molar-refractivity contribution in [2.45, 2.75) is 19.6 Å². The van der Waals surface area contributed by atoms with Gasteiger partial charge in [-0.25, -0.2) is 9.18 Å². The fourth-order valence-corrected chi connectivity index (χ4v) is 4.40. The number of ether oxygens (including phenoxy) is 2. The van der Waals surface area contributed by atoms with Gasteiger partial charge in [-0.05, 0) is 59.3 Å². The summed E-state index contributed by atoms with van der Waals surface area (Å²) < 4.78 is 23.9. The molecular weight excluding hydrogens is 445 g/mol. The van der Waals surface area contributed by atoms with E-state index in [1.807, 2.05) is 30.3 Å². The lowest BCUT2D eigenvalue weighted by atomic mass is 10.0. The number of halogens is 1. The Balaban J connectivity index is 1.71. The third-order valence-corrected chi connectivity index (χ3v) is 6.15. The van der Waals surface area contributed by atoms with Gasteiger partial charge < -0.3 is 9.47 Å². The molecule has 6 nitrogen and oxygen atoms in total. The van der Waals surface area contributed by atoms with Crippen molar-refractivity contribution < 1.29 is 28.2 Å². The number of amides is 2. The number of fused-ring (bicyclic) bond motifs is 1. The van der Waals surface area contributed by atoms with Gasteiger partial charge in [0.1, 0.15) is 24.2 Å². The maximum Gasteiger partial charge on any atom is 0.328 e. The molecule has 1 heterocycles. The summed E-state index contributed by atoms with van der Waals surface area (Å²) >= 11 is 0.760. The SMILES string of the molecule is COC(=O)[C@@H](C)N1C(=O)S/C(=C/c2c(OCc3ccc(F)cc3)ccc3ccccc23)C1=O. The minimum atomic E-state index is -1.03. The molecule has 8 heteroatoms. The number of hydrogen-bond acceptors (Lipinski definition) is 6. The number of esters is 1. The van der Waals surface area contributed by atoms with E-state index in [4.69, 9.17) is 4.74 Å². The van der Waals surface area contributed by atoms with Crippen LogP contribution in [0.25, 0.3) is 16.8 Å². The Kier molecular flexibility index (Phi) is 6.46. The number of benzene rings is 3. The summed E-state index contributed by atoms with van der Waals surface area (Å²) in [5, 5.41) is 1.22. The molecule has 1 saturated heterocycles. The molecule has 0 saturated carbocycles. The number of carbonyl (C=O) groups is 3. The van der Waals surface area contributed by atoms with Gasteiger partial charge in [0.25, 0.3) is 11.1 Å². The van der Waals surface area contributed by atoms with Crippen molar-refractivity contribution >= 4 is 45.7 Å². The smallest absolute Gasteiger partial charge is 0.328 e. The van der Waals surface area contributed by atoms with Crippen LogP contribution in [0.5, 0.6) is 5.75 Å². The van der Waals surface area contributed by atoms with Crippen molar-refractivity contribution in [3.8, 4) is 5.75 Å². The van der Waals surface area contributed by atoms with E-state index >= 15 is 0 Å². The van der Waals surface area contributed by atoms with Crippen LogP contribution in [0.3, 0.4) is 0 Å². The highest BCUT2D eigenvalue weighted by Gasteiger charge is 2.41. The van der Waals surface area contributed by atoms with Gasteiger partial charge in [-0.1, -0.05) is 42.5 Å². The molecule has 0 aromatic heterocycles. The average molecular weight is 466 g/mol. The molecule has 0 aliphatic carbocycles. The van der Waals surface area contributed by atoms with Gasteiger partial charge >= 0.3 is 5.97 Å². The monoisotopic (exact) mass is 465 g/mol. The number of imide groups is 1. The lowest BCUT2D eigenvalue weighted by Crippen LogP contribution is -2.42. The van der Waals surface area contributed by atoms with Gasteiger partial charge in [0.2, 0.25) is 0 Å². The second kappa shape index (κ2) is 9.46. The Morgan fingerprint density at radius 1 is 1.09 bits per heavy atom. The zero-order chi connectivity index (χ0) is 23.5. The van der Waals surface area contributed by atoms with Crippen molar-refractivity contribution in [1.82, 2.24) is 4.90 Å². The fraction of sp³-hybridized carbons (Fsp3) is 0.160. The Bertz CT molecular complexity index is 1270. The van der Waals surface area contributed by atoms with Gasteiger partial charge in [-0.15, -0.1) is 0 Å². The van der Waals surface area contributed by atoms with Crippen molar-refractivity contribution in [3.63, 3.8) is 0 Å². The fourth-order valence-electron chi connectivity index (χ4n) is 3.51. The first-order chi connectivity index (χ1) is 15.9. The molecule has 168 valence electrons. The van der Waals surface area contributed by atoms with Gasteiger partial charge in [-0.3, -0.25) is 14.5 Å². The predicted octanol–water partition coefficient (Wildman–Crippen LogP) is 5.16. The van der Waals surface area contributed by atoms with E-state index < -0.39 is 23.2 Å². The summed E-state index contributed by atoms with van der Waals surface area (Å²) in [6, 6.07) is 16.2. The molecule has 0 unspecified atom stereocenters. The molecule has 1 atom stereocenters. The van der Waals surface area contributed by atoms with E-state index in [0.29, 0.717) is 11.3 Å². The summed E-state index contributed by atoms with van der Waals surface area (Å²) in [5.74, 6) is -1.07. The number of hydrogen-bond donors (Lipinski definition) is 0. The second-order valence-corrected chi connectivity index (χ2v) is 8.36. The van der Waals surface area contributed by atoms with Crippen molar-refractivity contribution in [2.24, 2.45) is 0 Å². The number of thioether (sulfide) groups is 1. The van der Waals surface area contributed by atoms with Crippen LogP contribution in [0.1, 0.15) is 18.1 Å². The topological polar surface area (TPSA) is 72.9 Å². The van der Waals surface area contributed by atoms with E-state index in [-0.39, 0.29) is 17.3 Å². The standard InChI is InChI=1S/C25H20FNO5S/c1-15(24(29)31-2)27-23(28)22(33-25(27)30)13-20-19-6-4-3-5-17(19)9-12-21(20)32-14-16-7-10-18(26)11-8-16/h3-13,15H,14H2,1-2H3/b22-13+/t15-/m1/s1.